The highest BCUT2D eigenvalue weighted by Gasteiger charge is 2.26. The molecule has 2 aromatic rings. The van der Waals surface area contributed by atoms with Crippen LogP contribution in [0.15, 0.2) is 47.1 Å². The predicted molar refractivity (Wildman–Crippen MR) is 78.8 cm³/mol. The van der Waals surface area contributed by atoms with Gasteiger partial charge in [0, 0.05) is 13.1 Å². The van der Waals surface area contributed by atoms with Crippen molar-refractivity contribution >= 4 is 5.91 Å². The van der Waals surface area contributed by atoms with Crippen molar-refractivity contribution in [2.75, 3.05) is 13.1 Å². The second-order valence-corrected chi connectivity index (χ2v) is 5.43. The average Bonchev–Trinajstić information content (AvgIpc) is 3.08. The topological polar surface area (TPSA) is 42.7 Å². The zero-order chi connectivity index (χ0) is 15.4. The number of rotatable bonds is 4. The monoisotopic (exact) mass is 303 g/mol. The van der Waals surface area contributed by atoms with Crippen LogP contribution in [0.2, 0.25) is 0 Å². The van der Waals surface area contributed by atoms with E-state index in [9.17, 15) is 9.18 Å². The van der Waals surface area contributed by atoms with Gasteiger partial charge in [0.05, 0.1) is 19.0 Å². The molecule has 5 heteroatoms. The third kappa shape index (κ3) is 3.54. The Morgan fingerprint density at radius 1 is 1.32 bits per heavy atom. The van der Waals surface area contributed by atoms with Crippen LogP contribution in [0, 0.1) is 5.82 Å². The van der Waals surface area contributed by atoms with E-state index in [1.807, 2.05) is 0 Å². The lowest BCUT2D eigenvalue weighted by Gasteiger charge is -2.32. The minimum atomic E-state index is -0.253. The van der Waals surface area contributed by atoms with Gasteiger partial charge < -0.3 is 14.1 Å². The highest BCUT2D eigenvalue weighted by Crippen LogP contribution is 2.18. The lowest BCUT2D eigenvalue weighted by Crippen LogP contribution is -2.43. The number of ether oxygens (including phenoxy) is 1. The highest BCUT2D eigenvalue weighted by molar-refractivity contribution is 5.91. The van der Waals surface area contributed by atoms with Crippen molar-refractivity contribution in [1.82, 2.24) is 4.90 Å². The molecule has 0 saturated carbocycles. The number of hydrogen-bond donors (Lipinski definition) is 0. The summed E-state index contributed by atoms with van der Waals surface area (Å²) in [7, 11) is 0. The molecule has 1 fully saturated rings. The van der Waals surface area contributed by atoms with Gasteiger partial charge >= 0.3 is 0 Å². The van der Waals surface area contributed by atoms with Crippen LogP contribution in [-0.4, -0.2) is 30.0 Å². The first kappa shape index (κ1) is 14.8. The minimum Gasteiger partial charge on any atom is -0.459 e. The molecule has 1 aromatic carbocycles. The number of nitrogens with zero attached hydrogens (tertiary/aromatic N) is 1. The van der Waals surface area contributed by atoms with Gasteiger partial charge in [0.1, 0.15) is 5.82 Å². The summed E-state index contributed by atoms with van der Waals surface area (Å²) >= 11 is 0. The first-order valence-electron chi connectivity index (χ1n) is 7.41. The third-order valence-electron chi connectivity index (χ3n) is 3.80. The number of piperidine rings is 1. The van der Waals surface area contributed by atoms with Gasteiger partial charge in [-0.2, -0.15) is 0 Å². The average molecular weight is 303 g/mol. The maximum absolute atomic E-state index is 12.9. The highest BCUT2D eigenvalue weighted by atomic mass is 19.1. The van der Waals surface area contributed by atoms with Crippen LogP contribution in [0.4, 0.5) is 4.39 Å². The number of benzene rings is 1. The first-order chi connectivity index (χ1) is 10.7. The first-order valence-corrected chi connectivity index (χ1v) is 7.41. The normalized spacial score (nSPS) is 18.4. The van der Waals surface area contributed by atoms with Crippen molar-refractivity contribution in [2.24, 2.45) is 0 Å². The van der Waals surface area contributed by atoms with Crippen molar-refractivity contribution in [3.05, 3.63) is 59.8 Å². The fourth-order valence-corrected chi connectivity index (χ4v) is 2.61. The molecule has 1 aromatic heterocycles. The lowest BCUT2D eigenvalue weighted by molar-refractivity contribution is -0.00755. The lowest BCUT2D eigenvalue weighted by atomic mass is 10.1. The van der Waals surface area contributed by atoms with E-state index in [1.54, 1.807) is 29.2 Å². The van der Waals surface area contributed by atoms with Crippen molar-refractivity contribution in [3.8, 4) is 0 Å². The van der Waals surface area contributed by atoms with Gasteiger partial charge in [-0.3, -0.25) is 4.79 Å². The summed E-state index contributed by atoms with van der Waals surface area (Å²) in [5.74, 6) is 0.0101. The maximum Gasteiger partial charge on any atom is 0.289 e. The molecule has 3 rings (SSSR count). The van der Waals surface area contributed by atoms with Gasteiger partial charge in [-0.25, -0.2) is 4.39 Å². The van der Waals surface area contributed by atoms with E-state index < -0.39 is 0 Å². The van der Waals surface area contributed by atoms with E-state index in [1.165, 1.54) is 18.4 Å². The molecule has 1 unspecified atom stereocenters. The van der Waals surface area contributed by atoms with Crippen LogP contribution in [-0.2, 0) is 11.3 Å². The standard InChI is InChI=1S/C17H18FNO3/c18-14-7-5-13(6-8-14)12-22-15-3-1-9-19(11-15)17(20)16-4-2-10-21-16/h2,4-8,10,15H,1,3,9,11-12H2. The molecule has 0 N–H and O–H groups in total. The van der Waals surface area contributed by atoms with Crippen molar-refractivity contribution in [1.29, 1.82) is 0 Å². The zero-order valence-electron chi connectivity index (χ0n) is 12.2. The molecule has 0 aliphatic carbocycles. The molecule has 1 atom stereocenters. The molecular weight excluding hydrogens is 285 g/mol. The van der Waals surface area contributed by atoms with Gasteiger partial charge in [0.2, 0.25) is 0 Å². The number of amides is 1. The summed E-state index contributed by atoms with van der Waals surface area (Å²) in [5, 5.41) is 0. The van der Waals surface area contributed by atoms with E-state index in [0.29, 0.717) is 18.9 Å². The molecule has 2 heterocycles. The van der Waals surface area contributed by atoms with Crippen LogP contribution in [0.3, 0.4) is 0 Å². The number of carbonyl (C=O) groups is 1. The molecule has 1 saturated heterocycles. The minimum absolute atomic E-state index is 0.00212. The number of likely N-dealkylation sites (tertiary alicyclic amines) is 1. The summed E-state index contributed by atoms with van der Waals surface area (Å²) in [6.07, 6.45) is 3.32. The zero-order valence-corrected chi connectivity index (χ0v) is 12.2. The summed E-state index contributed by atoms with van der Waals surface area (Å²) in [6, 6.07) is 9.65. The molecule has 0 radical (unpaired) electrons. The SMILES string of the molecule is O=C(c1ccco1)N1CCCC(OCc2ccc(F)cc2)C1. The van der Waals surface area contributed by atoms with E-state index >= 15 is 0 Å². The Bertz CT molecular complexity index is 609. The van der Waals surface area contributed by atoms with Crippen molar-refractivity contribution in [3.63, 3.8) is 0 Å². The van der Waals surface area contributed by atoms with Gasteiger partial charge in [-0.1, -0.05) is 12.1 Å². The van der Waals surface area contributed by atoms with E-state index in [0.717, 1.165) is 24.9 Å². The summed E-state index contributed by atoms with van der Waals surface area (Å²) in [5.41, 5.74) is 0.927. The van der Waals surface area contributed by atoms with Crippen molar-refractivity contribution in [2.45, 2.75) is 25.6 Å². The smallest absolute Gasteiger partial charge is 0.289 e. The van der Waals surface area contributed by atoms with Crippen LogP contribution >= 0.6 is 0 Å². The van der Waals surface area contributed by atoms with Crippen LogP contribution in [0.25, 0.3) is 0 Å². The molecule has 1 amide bonds. The van der Waals surface area contributed by atoms with E-state index in [2.05, 4.69) is 0 Å². The molecule has 22 heavy (non-hydrogen) atoms. The molecule has 4 nitrogen and oxygen atoms in total. The Kier molecular flexibility index (Phi) is 4.53. The quantitative estimate of drug-likeness (QED) is 0.871. The predicted octanol–water partition coefficient (Wildman–Crippen LogP) is 3.24. The summed E-state index contributed by atoms with van der Waals surface area (Å²) in [6.45, 7) is 1.70. The van der Waals surface area contributed by atoms with E-state index in [4.69, 9.17) is 9.15 Å². The van der Waals surface area contributed by atoms with Gasteiger partial charge in [-0.05, 0) is 42.7 Å². The molecule has 0 bridgehead atoms. The van der Waals surface area contributed by atoms with Gasteiger partial charge in [-0.15, -0.1) is 0 Å². The Hall–Kier alpha value is -2.14. The number of furan rings is 1. The van der Waals surface area contributed by atoms with Gasteiger partial charge in [0.25, 0.3) is 5.91 Å². The molecule has 0 spiro atoms. The second-order valence-electron chi connectivity index (χ2n) is 5.43. The Balaban J connectivity index is 1.54. The molecule has 1 aliphatic rings. The largest absolute Gasteiger partial charge is 0.459 e. The Morgan fingerprint density at radius 2 is 2.14 bits per heavy atom. The van der Waals surface area contributed by atoms with Crippen LogP contribution in [0.1, 0.15) is 29.0 Å². The number of carbonyl (C=O) groups excluding carboxylic acids is 1. The summed E-state index contributed by atoms with van der Waals surface area (Å²) in [4.78, 5) is 14.0. The maximum atomic E-state index is 12.9. The number of halogens is 1. The molecule has 116 valence electrons. The summed E-state index contributed by atoms with van der Waals surface area (Å²) < 4.78 is 23.9. The van der Waals surface area contributed by atoms with Crippen LogP contribution < -0.4 is 0 Å². The fraction of sp³-hybridized carbons (Fsp3) is 0.353. The second kappa shape index (κ2) is 6.75. The Labute approximate surface area is 128 Å². The van der Waals surface area contributed by atoms with Gasteiger partial charge in [0.15, 0.2) is 5.76 Å². The van der Waals surface area contributed by atoms with E-state index in [-0.39, 0.29) is 17.8 Å². The fourth-order valence-electron chi connectivity index (χ4n) is 2.61. The third-order valence-corrected chi connectivity index (χ3v) is 3.80. The van der Waals surface area contributed by atoms with Crippen LogP contribution in [0.5, 0.6) is 0 Å². The number of hydrogen-bond acceptors (Lipinski definition) is 3. The van der Waals surface area contributed by atoms with Crippen molar-refractivity contribution < 1.29 is 18.3 Å². The molecular formula is C17H18FNO3. The Morgan fingerprint density at radius 3 is 2.86 bits per heavy atom. The molecule has 1 aliphatic heterocycles.